The first-order valence-electron chi connectivity index (χ1n) is 4.83. The first-order valence-corrected chi connectivity index (χ1v) is 7.37. The van der Waals surface area contributed by atoms with Crippen LogP contribution in [0.4, 0.5) is 0 Å². The van der Waals surface area contributed by atoms with Gasteiger partial charge >= 0.3 is 0 Å². The van der Waals surface area contributed by atoms with Gasteiger partial charge in [0.15, 0.2) is 0 Å². The predicted molar refractivity (Wildman–Crippen MR) is 78.0 cm³/mol. The first kappa shape index (κ1) is 13.2. The summed E-state index contributed by atoms with van der Waals surface area (Å²) in [4.78, 5) is 5.39. The Morgan fingerprint density at radius 3 is 2.59 bits per heavy atom. The van der Waals surface area contributed by atoms with Crippen molar-refractivity contribution in [3.05, 3.63) is 56.7 Å². The van der Waals surface area contributed by atoms with Crippen molar-refractivity contribution >= 4 is 50.9 Å². The Labute approximate surface area is 123 Å². The van der Waals surface area contributed by atoms with Crippen molar-refractivity contribution in [3.63, 3.8) is 0 Å². The van der Waals surface area contributed by atoms with Crippen LogP contribution < -0.4 is 0 Å². The molecule has 0 atom stereocenters. The van der Waals surface area contributed by atoms with E-state index >= 15 is 0 Å². The van der Waals surface area contributed by atoms with Crippen molar-refractivity contribution in [1.29, 1.82) is 0 Å². The van der Waals surface area contributed by atoms with Crippen molar-refractivity contribution in [2.75, 3.05) is 0 Å². The second kappa shape index (κ2) is 6.10. The van der Waals surface area contributed by atoms with Gasteiger partial charge in [0.2, 0.25) is 0 Å². The normalized spacial score (nSPS) is 10.5. The summed E-state index contributed by atoms with van der Waals surface area (Å²) in [6.45, 7) is 0. The van der Waals surface area contributed by atoms with E-state index in [0.29, 0.717) is 10.0 Å². The highest BCUT2D eigenvalue weighted by Crippen LogP contribution is 2.29. The van der Waals surface area contributed by atoms with Crippen LogP contribution in [0.2, 0.25) is 10.0 Å². The molecule has 0 radical (unpaired) electrons. The van der Waals surface area contributed by atoms with E-state index in [9.17, 15) is 0 Å². The predicted octanol–water partition coefficient (Wildman–Crippen LogP) is 5.44. The van der Waals surface area contributed by atoms with Crippen LogP contribution >= 0.6 is 50.9 Å². The lowest BCUT2D eigenvalue weighted by molar-refractivity contribution is 1.16. The maximum atomic E-state index is 5.95. The summed E-state index contributed by atoms with van der Waals surface area (Å²) >= 11 is 16.8. The highest BCUT2D eigenvalue weighted by Gasteiger charge is 2.01. The molecule has 5 heteroatoms. The summed E-state index contributed by atoms with van der Waals surface area (Å²) in [6, 6.07) is 9.61. The largest absolute Gasteiger partial charge is 0.259 e. The zero-order valence-corrected chi connectivity index (χ0v) is 12.6. The molecule has 1 aromatic carbocycles. The van der Waals surface area contributed by atoms with Gasteiger partial charge in [-0.2, -0.15) is 0 Å². The minimum atomic E-state index is 0.581. The molecule has 0 saturated carbocycles. The van der Waals surface area contributed by atoms with Crippen LogP contribution in [0.1, 0.15) is 5.69 Å². The van der Waals surface area contributed by atoms with E-state index in [1.807, 2.05) is 24.3 Å². The molecule has 1 nitrogen and oxygen atoms in total. The van der Waals surface area contributed by atoms with Gasteiger partial charge in [0.1, 0.15) is 0 Å². The Bertz CT molecular complexity index is 516. The fourth-order valence-corrected chi connectivity index (χ4v) is 2.66. The SMILES string of the molecule is Clc1ccc(SCc2ccc(Br)cn2)cc1Cl. The third-order valence-corrected chi connectivity index (χ3v) is 4.30. The molecule has 0 amide bonds. The molecule has 88 valence electrons. The zero-order valence-electron chi connectivity index (χ0n) is 8.66. The Balaban J connectivity index is 2.02. The number of hydrogen-bond donors (Lipinski definition) is 0. The first-order chi connectivity index (χ1) is 8.15. The zero-order chi connectivity index (χ0) is 12.3. The lowest BCUT2D eigenvalue weighted by Gasteiger charge is -2.03. The number of benzene rings is 1. The Morgan fingerprint density at radius 1 is 1.12 bits per heavy atom. The van der Waals surface area contributed by atoms with Crippen molar-refractivity contribution in [3.8, 4) is 0 Å². The molecule has 17 heavy (non-hydrogen) atoms. The second-order valence-corrected chi connectivity index (χ2v) is 6.11. The number of nitrogens with zero attached hydrogens (tertiary/aromatic N) is 1. The molecular formula is C12H8BrCl2NS. The van der Waals surface area contributed by atoms with Gasteiger partial charge in [-0.1, -0.05) is 23.2 Å². The van der Waals surface area contributed by atoms with Crippen molar-refractivity contribution in [2.45, 2.75) is 10.6 Å². The van der Waals surface area contributed by atoms with Gasteiger partial charge in [-0.05, 0) is 46.3 Å². The smallest absolute Gasteiger partial charge is 0.0603 e. The van der Waals surface area contributed by atoms with Gasteiger partial charge in [0.05, 0.1) is 15.7 Å². The van der Waals surface area contributed by atoms with Gasteiger partial charge in [-0.15, -0.1) is 11.8 Å². The van der Waals surface area contributed by atoms with E-state index in [1.165, 1.54) is 0 Å². The van der Waals surface area contributed by atoms with Crippen LogP contribution in [0.3, 0.4) is 0 Å². The molecule has 0 spiro atoms. The minimum absolute atomic E-state index is 0.581. The maximum Gasteiger partial charge on any atom is 0.0603 e. The Morgan fingerprint density at radius 2 is 1.94 bits per heavy atom. The van der Waals surface area contributed by atoms with Crippen molar-refractivity contribution in [2.24, 2.45) is 0 Å². The number of pyridine rings is 1. The quantitative estimate of drug-likeness (QED) is 0.684. The molecule has 1 heterocycles. The van der Waals surface area contributed by atoms with Gasteiger partial charge in [-0.3, -0.25) is 4.98 Å². The summed E-state index contributed by atoms with van der Waals surface area (Å²) in [7, 11) is 0. The van der Waals surface area contributed by atoms with Crippen LogP contribution in [-0.4, -0.2) is 4.98 Å². The third-order valence-electron chi connectivity index (χ3n) is 2.07. The van der Waals surface area contributed by atoms with E-state index in [-0.39, 0.29) is 0 Å². The highest BCUT2D eigenvalue weighted by atomic mass is 79.9. The fourth-order valence-electron chi connectivity index (χ4n) is 1.22. The van der Waals surface area contributed by atoms with Crippen LogP contribution in [0.5, 0.6) is 0 Å². The summed E-state index contributed by atoms with van der Waals surface area (Å²) in [5.74, 6) is 0.811. The molecule has 0 fully saturated rings. The van der Waals surface area contributed by atoms with Crippen LogP contribution in [-0.2, 0) is 5.75 Å². The molecule has 0 aliphatic rings. The van der Waals surface area contributed by atoms with E-state index in [4.69, 9.17) is 23.2 Å². The molecule has 0 unspecified atom stereocenters. The minimum Gasteiger partial charge on any atom is -0.259 e. The Hall–Kier alpha value is -0.220. The molecule has 2 rings (SSSR count). The van der Waals surface area contributed by atoms with E-state index in [1.54, 1.807) is 24.0 Å². The maximum absolute atomic E-state index is 5.95. The number of rotatable bonds is 3. The number of hydrogen-bond acceptors (Lipinski definition) is 2. The summed E-state index contributed by atoms with van der Waals surface area (Å²) in [5, 5.41) is 1.17. The van der Waals surface area contributed by atoms with Gasteiger partial charge in [0, 0.05) is 21.3 Å². The standard InChI is InChI=1S/C12H8BrCl2NS/c13-8-1-2-9(16-6-8)7-17-10-3-4-11(14)12(15)5-10/h1-6H,7H2. The topological polar surface area (TPSA) is 12.9 Å². The van der Waals surface area contributed by atoms with Gasteiger partial charge < -0.3 is 0 Å². The lowest BCUT2D eigenvalue weighted by Crippen LogP contribution is -1.85. The average molecular weight is 349 g/mol. The van der Waals surface area contributed by atoms with Crippen molar-refractivity contribution < 1.29 is 0 Å². The monoisotopic (exact) mass is 347 g/mol. The average Bonchev–Trinajstić information content (AvgIpc) is 2.33. The van der Waals surface area contributed by atoms with E-state index in [0.717, 1.165) is 20.8 Å². The van der Waals surface area contributed by atoms with Gasteiger partial charge in [0.25, 0.3) is 0 Å². The number of halogens is 3. The molecule has 0 aliphatic carbocycles. The van der Waals surface area contributed by atoms with E-state index in [2.05, 4.69) is 20.9 Å². The van der Waals surface area contributed by atoms with Crippen LogP contribution in [0.15, 0.2) is 45.9 Å². The Kier molecular flexibility index (Phi) is 4.74. The third kappa shape index (κ3) is 3.88. The van der Waals surface area contributed by atoms with Crippen molar-refractivity contribution in [1.82, 2.24) is 4.98 Å². The summed E-state index contributed by atoms with van der Waals surface area (Å²) in [6.07, 6.45) is 1.80. The molecule has 2 aromatic rings. The van der Waals surface area contributed by atoms with Crippen LogP contribution in [0, 0.1) is 0 Å². The fraction of sp³-hybridized carbons (Fsp3) is 0.0833. The second-order valence-electron chi connectivity index (χ2n) is 3.33. The summed E-state index contributed by atoms with van der Waals surface area (Å²) < 4.78 is 0.987. The molecule has 0 N–H and O–H groups in total. The molecular weight excluding hydrogens is 341 g/mol. The number of thioether (sulfide) groups is 1. The highest BCUT2D eigenvalue weighted by molar-refractivity contribution is 9.10. The molecule has 0 aliphatic heterocycles. The lowest BCUT2D eigenvalue weighted by atomic mass is 10.4. The molecule has 1 aromatic heterocycles. The molecule has 0 saturated heterocycles. The summed E-state index contributed by atoms with van der Waals surface area (Å²) in [5.41, 5.74) is 1.03. The molecule has 0 bridgehead atoms. The van der Waals surface area contributed by atoms with Crippen LogP contribution in [0.25, 0.3) is 0 Å². The van der Waals surface area contributed by atoms with E-state index < -0.39 is 0 Å². The van der Waals surface area contributed by atoms with Gasteiger partial charge in [-0.25, -0.2) is 0 Å². The number of aromatic nitrogens is 1.